The number of hydrogen-bond donors (Lipinski definition) is 4. The Hall–Kier alpha value is -2.42. The first-order valence-corrected chi connectivity index (χ1v) is 9.68. The predicted molar refractivity (Wildman–Crippen MR) is 122 cm³/mol. The van der Waals surface area contributed by atoms with Gasteiger partial charge in [0.1, 0.15) is 0 Å². The molecule has 2 rings (SSSR count). The van der Waals surface area contributed by atoms with Crippen LogP contribution in [0.5, 0.6) is 0 Å². The summed E-state index contributed by atoms with van der Waals surface area (Å²) in [4.78, 5) is 30.2. The van der Waals surface area contributed by atoms with E-state index in [-0.39, 0.29) is 30.5 Å². The molecule has 13 heteroatoms. The van der Waals surface area contributed by atoms with Crippen LogP contribution in [0.2, 0.25) is 0 Å². The molecule has 8 nitrogen and oxygen atoms in total. The fraction of sp³-hybridized carbons (Fsp3) is 0.333. The second-order valence-electron chi connectivity index (χ2n) is 6.07. The number of primary amides is 1. The van der Waals surface area contributed by atoms with Crippen molar-refractivity contribution < 1.29 is 22.8 Å². The lowest BCUT2D eigenvalue weighted by Gasteiger charge is -2.12. The molecule has 1 aromatic heterocycles. The number of carbonyl (C=O) groups excluding carboxylic acids is 2. The Balaban J connectivity index is 0.00000480. The minimum atomic E-state index is -4.43. The first-order chi connectivity index (χ1) is 14.2. The maximum atomic E-state index is 12.6. The van der Waals surface area contributed by atoms with E-state index in [0.717, 1.165) is 22.3 Å². The minimum absolute atomic E-state index is 0. The zero-order chi connectivity index (χ0) is 22.1. The lowest BCUT2D eigenvalue weighted by Crippen LogP contribution is -2.37. The number of aromatic nitrogens is 1. The number of amides is 2. The highest BCUT2D eigenvalue weighted by Gasteiger charge is 2.33. The molecule has 0 spiro atoms. The third kappa shape index (κ3) is 9.08. The van der Waals surface area contributed by atoms with E-state index >= 15 is 0 Å². The maximum Gasteiger partial charge on any atom is 0.434 e. The van der Waals surface area contributed by atoms with Gasteiger partial charge in [-0.3, -0.25) is 14.6 Å². The number of benzene rings is 1. The van der Waals surface area contributed by atoms with Gasteiger partial charge in [-0.25, -0.2) is 4.98 Å². The summed E-state index contributed by atoms with van der Waals surface area (Å²) in [6, 6.07) is 6.72. The van der Waals surface area contributed by atoms with Crippen LogP contribution in [0.25, 0.3) is 0 Å². The summed E-state index contributed by atoms with van der Waals surface area (Å²) < 4.78 is 37.7. The molecule has 0 saturated heterocycles. The average Bonchev–Trinajstić information content (AvgIpc) is 3.18. The fourth-order valence-electron chi connectivity index (χ4n) is 2.29. The van der Waals surface area contributed by atoms with Crippen LogP contribution in [0, 0.1) is 0 Å². The van der Waals surface area contributed by atoms with Gasteiger partial charge in [-0.05, 0) is 17.7 Å². The van der Waals surface area contributed by atoms with Crippen molar-refractivity contribution in [3.63, 3.8) is 0 Å². The van der Waals surface area contributed by atoms with E-state index in [1.54, 1.807) is 31.3 Å². The topological polar surface area (TPSA) is 122 Å². The van der Waals surface area contributed by atoms with Gasteiger partial charge in [-0.2, -0.15) is 13.2 Å². The molecular weight excluding hydrogens is 548 g/mol. The summed E-state index contributed by atoms with van der Waals surface area (Å²) in [5.41, 5.74) is 5.37. The zero-order valence-electron chi connectivity index (χ0n) is 16.5. The van der Waals surface area contributed by atoms with E-state index < -0.39 is 23.7 Å². The third-order valence-electron chi connectivity index (χ3n) is 3.80. The summed E-state index contributed by atoms with van der Waals surface area (Å²) >= 11 is 0.965. The summed E-state index contributed by atoms with van der Waals surface area (Å²) in [6.07, 6.45) is -4.10. The highest BCUT2D eigenvalue weighted by atomic mass is 127. The molecule has 0 aliphatic rings. The van der Waals surface area contributed by atoms with Gasteiger partial charge in [0.25, 0.3) is 5.91 Å². The summed E-state index contributed by atoms with van der Waals surface area (Å²) in [5, 5.41) is 9.86. The molecule has 2 amide bonds. The Morgan fingerprint density at radius 3 is 2.39 bits per heavy atom. The molecule has 31 heavy (non-hydrogen) atoms. The van der Waals surface area contributed by atoms with Crippen molar-refractivity contribution in [3.8, 4) is 0 Å². The van der Waals surface area contributed by atoms with Crippen molar-refractivity contribution in [2.45, 2.75) is 19.1 Å². The number of thiazole rings is 1. The Labute approximate surface area is 197 Å². The molecule has 0 fully saturated rings. The Bertz CT molecular complexity index is 902. The number of alkyl halides is 3. The van der Waals surface area contributed by atoms with Crippen LogP contribution in [-0.4, -0.2) is 42.9 Å². The number of rotatable bonds is 8. The van der Waals surface area contributed by atoms with Crippen molar-refractivity contribution in [2.75, 3.05) is 20.1 Å². The number of guanidine groups is 1. The van der Waals surface area contributed by atoms with Gasteiger partial charge in [-0.15, -0.1) is 35.3 Å². The van der Waals surface area contributed by atoms with Gasteiger partial charge in [-0.1, -0.05) is 12.1 Å². The van der Waals surface area contributed by atoms with Crippen molar-refractivity contribution >= 4 is 53.1 Å². The molecular formula is C18H22F3IN6O2S. The molecule has 1 aromatic carbocycles. The maximum absolute atomic E-state index is 12.6. The summed E-state index contributed by atoms with van der Waals surface area (Å²) in [6.45, 7) is 0.546. The first-order valence-electron chi connectivity index (χ1n) is 8.80. The van der Waals surface area contributed by atoms with E-state index in [2.05, 4.69) is 25.9 Å². The minimum Gasteiger partial charge on any atom is -0.368 e. The van der Waals surface area contributed by atoms with Crippen molar-refractivity contribution in [1.29, 1.82) is 0 Å². The predicted octanol–water partition coefficient (Wildman–Crippen LogP) is 1.90. The molecule has 0 atom stereocenters. The van der Waals surface area contributed by atoms with Crippen LogP contribution in [0.15, 0.2) is 34.6 Å². The zero-order valence-corrected chi connectivity index (χ0v) is 19.6. The molecule has 2 aromatic rings. The molecule has 0 bridgehead atoms. The summed E-state index contributed by atoms with van der Waals surface area (Å²) in [7, 11) is 1.58. The highest BCUT2D eigenvalue weighted by molar-refractivity contribution is 14.0. The van der Waals surface area contributed by atoms with Gasteiger partial charge < -0.3 is 21.7 Å². The van der Waals surface area contributed by atoms with Gasteiger partial charge in [0.2, 0.25) is 5.91 Å². The smallest absolute Gasteiger partial charge is 0.368 e. The number of halogens is 4. The number of nitrogens with one attached hydrogen (secondary N) is 3. The lowest BCUT2D eigenvalue weighted by atomic mass is 10.1. The Morgan fingerprint density at radius 1 is 1.16 bits per heavy atom. The lowest BCUT2D eigenvalue weighted by molar-refractivity contribution is -0.140. The number of carbonyl (C=O) groups is 2. The monoisotopic (exact) mass is 570 g/mol. The second kappa shape index (κ2) is 12.4. The van der Waals surface area contributed by atoms with Crippen LogP contribution < -0.4 is 21.7 Å². The van der Waals surface area contributed by atoms with Gasteiger partial charge in [0.05, 0.1) is 11.6 Å². The van der Waals surface area contributed by atoms with Crippen LogP contribution in [0.4, 0.5) is 13.2 Å². The van der Waals surface area contributed by atoms with Crippen LogP contribution in [-0.2, 0) is 23.9 Å². The molecule has 5 N–H and O–H groups in total. The molecule has 0 aliphatic carbocycles. The van der Waals surface area contributed by atoms with Gasteiger partial charge >= 0.3 is 6.18 Å². The van der Waals surface area contributed by atoms with Crippen molar-refractivity contribution in [3.05, 3.63) is 51.5 Å². The van der Waals surface area contributed by atoms with Crippen molar-refractivity contribution in [2.24, 2.45) is 10.7 Å². The summed E-state index contributed by atoms with van der Waals surface area (Å²) in [5.74, 6) is -0.550. The van der Waals surface area contributed by atoms with Crippen molar-refractivity contribution in [1.82, 2.24) is 20.9 Å². The molecule has 0 unspecified atom stereocenters. The molecule has 0 aliphatic heterocycles. The molecule has 1 heterocycles. The quantitative estimate of drug-likeness (QED) is 0.220. The average molecular weight is 570 g/mol. The third-order valence-corrected chi connectivity index (χ3v) is 4.70. The SMILES string of the molecule is CN=C(NCCc1nc(C(F)(F)F)cs1)NCc1ccc(C(=O)NCC(N)=O)cc1.I. The standard InChI is InChI=1S/C18H21F3N6O2S.HI/c1-23-17(24-7-6-15-27-13(10-30-15)18(19,20)21)26-8-11-2-4-12(5-3-11)16(29)25-9-14(22)28;/h2-5,10H,6-9H2,1H3,(H2,22,28)(H,25,29)(H2,23,24,26);1H. The Kier molecular flexibility index (Phi) is 10.7. The second-order valence-corrected chi connectivity index (χ2v) is 7.02. The Morgan fingerprint density at radius 2 is 1.84 bits per heavy atom. The molecule has 0 radical (unpaired) electrons. The molecule has 0 saturated carbocycles. The normalized spacial score (nSPS) is 11.4. The van der Waals surface area contributed by atoms with E-state index in [9.17, 15) is 22.8 Å². The number of nitrogens with two attached hydrogens (primary N) is 1. The first kappa shape index (κ1) is 26.6. The fourth-order valence-corrected chi connectivity index (χ4v) is 3.10. The van der Waals surface area contributed by atoms with Crippen LogP contribution in [0.3, 0.4) is 0 Å². The van der Waals surface area contributed by atoms with E-state index in [0.29, 0.717) is 36.0 Å². The molecule has 170 valence electrons. The largest absolute Gasteiger partial charge is 0.434 e. The van der Waals surface area contributed by atoms with E-state index in [1.165, 1.54) is 0 Å². The van der Waals surface area contributed by atoms with E-state index in [1.807, 2.05) is 0 Å². The van der Waals surface area contributed by atoms with E-state index in [4.69, 9.17) is 5.73 Å². The van der Waals surface area contributed by atoms with Gasteiger partial charge in [0.15, 0.2) is 11.7 Å². The number of nitrogens with zero attached hydrogens (tertiary/aromatic N) is 2. The highest BCUT2D eigenvalue weighted by Crippen LogP contribution is 2.29. The van der Waals surface area contributed by atoms with Crippen LogP contribution in [0.1, 0.15) is 26.6 Å². The van der Waals surface area contributed by atoms with Gasteiger partial charge in [0, 0.05) is 37.5 Å². The number of hydrogen-bond acceptors (Lipinski definition) is 5. The number of aliphatic imine (C=N–C) groups is 1. The van der Waals surface area contributed by atoms with Crippen LogP contribution >= 0.6 is 35.3 Å².